The van der Waals surface area contributed by atoms with Crippen molar-refractivity contribution in [3.63, 3.8) is 0 Å². The van der Waals surface area contributed by atoms with Crippen LogP contribution in [0.3, 0.4) is 0 Å². The first kappa shape index (κ1) is 14.2. The second-order valence-corrected chi connectivity index (χ2v) is 9.03. The molecule has 1 heterocycles. The van der Waals surface area contributed by atoms with E-state index in [9.17, 15) is 9.90 Å². The molecule has 5 unspecified atom stereocenters. The van der Waals surface area contributed by atoms with Gasteiger partial charge >= 0.3 is 0 Å². The molecule has 5 nitrogen and oxygen atoms in total. The van der Waals surface area contributed by atoms with Crippen LogP contribution in [0.4, 0.5) is 0 Å². The minimum atomic E-state index is -0.493. The van der Waals surface area contributed by atoms with Crippen LogP contribution >= 0.6 is 0 Å². The van der Waals surface area contributed by atoms with Crippen molar-refractivity contribution in [2.45, 2.75) is 68.5 Å². The SMILES string of the molecule is N#C[C@@H]1CCCN1C(=O)CNC12CC3CC4CC(O)(C1)CC43C2. The van der Waals surface area contributed by atoms with Gasteiger partial charge in [-0.15, -0.1) is 0 Å². The molecule has 5 rings (SSSR count). The second kappa shape index (κ2) is 4.29. The molecule has 6 atom stereocenters. The van der Waals surface area contributed by atoms with E-state index in [2.05, 4.69) is 11.4 Å². The summed E-state index contributed by atoms with van der Waals surface area (Å²) in [6.45, 7) is 1.03. The maximum atomic E-state index is 12.5. The maximum Gasteiger partial charge on any atom is 0.237 e. The van der Waals surface area contributed by atoms with Gasteiger partial charge < -0.3 is 15.3 Å². The topological polar surface area (TPSA) is 76.4 Å². The van der Waals surface area contributed by atoms with E-state index in [0.717, 1.165) is 56.8 Å². The van der Waals surface area contributed by atoms with Gasteiger partial charge in [0, 0.05) is 12.1 Å². The first-order chi connectivity index (χ1) is 11.0. The molecule has 23 heavy (non-hydrogen) atoms. The van der Waals surface area contributed by atoms with E-state index in [0.29, 0.717) is 18.5 Å². The van der Waals surface area contributed by atoms with Crippen LogP contribution in [0.1, 0.15) is 51.4 Å². The van der Waals surface area contributed by atoms with Gasteiger partial charge in [-0.3, -0.25) is 4.79 Å². The van der Waals surface area contributed by atoms with Gasteiger partial charge in [0.2, 0.25) is 5.91 Å². The number of carbonyl (C=O) groups excluding carboxylic acids is 1. The molecule has 1 spiro atoms. The fourth-order valence-electron chi connectivity index (χ4n) is 7.18. The molecule has 2 N–H and O–H groups in total. The molecular formula is C18H25N3O2. The van der Waals surface area contributed by atoms with E-state index < -0.39 is 5.60 Å². The van der Waals surface area contributed by atoms with E-state index in [-0.39, 0.29) is 17.5 Å². The van der Waals surface area contributed by atoms with Gasteiger partial charge in [-0.2, -0.15) is 5.26 Å². The summed E-state index contributed by atoms with van der Waals surface area (Å²) in [5.74, 6) is 1.54. The van der Waals surface area contributed by atoms with E-state index in [1.807, 2.05) is 0 Å². The van der Waals surface area contributed by atoms with Crippen LogP contribution in [-0.4, -0.2) is 46.2 Å². The molecule has 0 aromatic rings. The number of nitriles is 1. The van der Waals surface area contributed by atoms with Crippen molar-refractivity contribution in [2.75, 3.05) is 13.1 Å². The maximum absolute atomic E-state index is 12.5. The Morgan fingerprint density at radius 2 is 2.13 bits per heavy atom. The van der Waals surface area contributed by atoms with Gasteiger partial charge in [-0.25, -0.2) is 0 Å². The highest BCUT2D eigenvalue weighted by Crippen LogP contribution is 2.77. The minimum absolute atomic E-state index is 0.0412. The van der Waals surface area contributed by atoms with Gasteiger partial charge in [0.1, 0.15) is 6.04 Å². The molecule has 0 aromatic heterocycles. The Bertz CT molecular complexity index is 612. The molecule has 0 aromatic carbocycles. The fraction of sp³-hybridized carbons (Fsp3) is 0.889. The zero-order valence-corrected chi connectivity index (χ0v) is 13.6. The number of fused-ring (bicyclic) bond motifs is 2. The third kappa shape index (κ3) is 1.77. The van der Waals surface area contributed by atoms with E-state index in [4.69, 9.17) is 5.26 Å². The van der Waals surface area contributed by atoms with Crippen LogP contribution in [0.5, 0.6) is 0 Å². The number of carbonyl (C=O) groups is 1. The average molecular weight is 315 g/mol. The highest BCUT2D eigenvalue weighted by molar-refractivity contribution is 5.79. The summed E-state index contributed by atoms with van der Waals surface area (Å²) in [7, 11) is 0. The molecule has 1 amide bonds. The lowest BCUT2D eigenvalue weighted by Gasteiger charge is -2.49. The summed E-state index contributed by atoms with van der Waals surface area (Å²) in [5, 5.41) is 23.7. The van der Waals surface area contributed by atoms with Crippen molar-refractivity contribution >= 4 is 5.91 Å². The van der Waals surface area contributed by atoms with Gasteiger partial charge in [0.05, 0.1) is 18.2 Å². The molecular weight excluding hydrogens is 290 g/mol. The number of nitrogens with zero attached hydrogens (tertiary/aromatic N) is 2. The van der Waals surface area contributed by atoms with Crippen LogP contribution in [0.2, 0.25) is 0 Å². The van der Waals surface area contributed by atoms with Crippen molar-refractivity contribution in [3.05, 3.63) is 0 Å². The molecule has 4 aliphatic carbocycles. The first-order valence-electron chi connectivity index (χ1n) is 9.14. The predicted octanol–water partition coefficient (Wildman–Crippen LogP) is 1.17. The lowest BCUT2D eigenvalue weighted by Crippen LogP contribution is -2.55. The third-order valence-electron chi connectivity index (χ3n) is 7.79. The Balaban J connectivity index is 1.30. The van der Waals surface area contributed by atoms with E-state index in [1.165, 1.54) is 6.42 Å². The summed E-state index contributed by atoms with van der Waals surface area (Å²) in [6.07, 6.45) is 8.07. The summed E-state index contributed by atoms with van der Waals surface area (Å²) in [6, 6.07) is 2.01. The molecule has 1 aliphatic heterocycles. The molecule has 5 heteroatoms. The van der Waals surface area contributed by atoms with Crippen molar-refractivity contribution in [1.82, 2.24) is 10.2 Å². The minimum Gasteiger partial charge on any atom is -0.390 e. The van der Waals surface area contributed by atoms with E-state index >= 15 is 0 Å². The number of hydrogen-bond donors (Lipinski definition) is 2. The summed E-state index contributed by atoms with van der Waals surface area (Å²) in [5.41, 5.74) is -0.153. The zero-order valence-electron chi connectivity index (χ0n) is 13.6. The highest BCUT2D eigenvalue weighted by Gasteiger charge is 2.74. The molecule has 0 radical (unpaired) electrons. The van der Waals surface area contributed by atoms with Crippen molar-refractivity contribution < 1.29 is 9.90 Å². The van der Waals surface area contributed by atoms with Crippen molar-refractivity contribution in [1.29, 1.82) is 5.26 Å². The smallest absolute Gasteiger partial charge is 0.237 e. The van der Waals surface area contributed by atoms with Gasteiger partial charge in [-0.1, -0.05) is 0 Å². The number of aliphatic hydroxyl groups is 1. The summed E-state index contributed by atoms with van der Waals surface area (Å²) < 4.78 is 0. The number of hydrogen-bond acceptors (Lipinski definition) is 4. The Hall–Kier alpha value is -1.12. The van der Waals surface area contributed by atoms with Crippen LogP contribution in [0, 0.1) is 28.6 Å². The number of rotatable bonds is 3. The molecule has 3 bridgehead atoms. The van der Waals surface area contributed by atoms with Gasteiger partial charge in [0.25, 0.3) is 0 Å². The standard InChI is InChI=1S/C18H25N3O2/c19-7-14-2-1-3-21(14)15(22)8-20-16-5-12-4-13-6-17(23,9-16)11-18(12,13)10-16/h12-14,20,23H,1-6,8-11H2/t12?,13?,14-,16?,17?,18?/m0/s1. The van der Waals surface area contributed by atoms with Gasteiger partial charge in [-0.05, 0) is 68.6 Å². The average Bonchev–Trinajstić information content (AvgIpc) is 3.09. The molecule has 5 aliphatic rings. The predicted molar refractivity (Wildman–Crippen MR) is 83.1 cm³/mol. The molecule has 4 saturated carbocycles. The highest BCUT2D eigenvalue weighted by atomic mass is 16.3. The first-order valence-corrected chi connectivity index (χ1v) is 9.14. The van der Waals surface area contributed by atoms with Crippen LogP contribution in [-0.2, 0) is 4.79 Å². The Labute approximate surface area is 137 Å². The zero-order chi connectivity index (χ0) is 15.9. The summed E-state index contributed by atoms with van der Waals surface area (Å²) >= 11 is 0. The molecule has 124 valence electrons. The number of likely N-dealkylation sites (tertiary alicyclic amines) is 1. The van der Waals surface area contributed by atoms with Crippen LogP contribution < -0.4 is 5.32 Å². The van der Waals surface area contributed by atoms with Crippen LogP contribution in [0.15, 0.2) is 0 Å². The van der Waals surface area contributed by atoms with E-state index in [1.54, 1.807) is 4.90 Å². The van der Waals surface area contributed by atoms with Crippen molar-refractivity contribution in [3.8, 4) is 6.07 Å². The third-order valence-corrected chi connectivity index (χ3v) is 7.79. The van der Waals surface area contributed by atoms with Crippen LogP contribution in [0.25, 0.3) is 0 Å². The number of amides is 1. The Morgan fingerprint density at radius 1 is 1.30 bits per heavy atom. The number of nitrogens with one attached hydrogen (secondary N) is 1. The largest absolute Gasteiger partial charge is 0.390 e. The monoisotopic (exact) mass is 315 g/mol. The summed E-state index contributed by atoms with van der Waals surface area (Å²) in [4.78, 5) is 14.3. The normalized spacial score (nSPS) is 52.3. The lowest BCUT2D eigenvalue weighted by molar-refractivity contribution is -0.131. The Kier molecular flexibility index (Phi) is 2.65. The second-order valence-electron chi connectivity index (χ2n) is 9.03. The quantitative estimate of drug-likeness (QED) is 0.820. The fourth-order valence-corrected chi connectivity index (χ4v) is 7.18. The lowest BCUT2D eigenvalue weighted by atomic mass is 9.56. The van der Waals surface area contributed by atoms with Crippen molar-refractivity contribution in [2.24, 2.45) is 17.3 Å². The molecule has 5 fully saturated rings. The molecule has 1 saturated heterocycles. The van der Waals surface area contributed by atoms with Gasteiger partial charge in [0.15, 0.2) is 0 Å². The Morgan fingerprint density at radius 3 is 2.96 bits per heavy atom.